The largest absolute Gasteiger partial charge is 0.350 e. The van der Waals surface area contributed by atoms with E-state index in [1.807, 2.05) is 0 Å². The predicted octanol–water partition coefficient (Wildman–Crippen LogP) is 1.90. The highest BCUT2D eigenvalue weighted by Crippen LogP contribution is 2.22. The molecule has 0 aliphatic heterocycles. The first-order chi connectivity index (χ1) is 12.6. The van der Waals surface area contributed by atoms with Crippen LogP contribution in [0.15, 0.2) is 23.1 Å². The number of benzene rings is 1. The summed E-state index contributed by atoms with van der Waals surface area (Å²) in [4.78, 5) is 12.3. The molecule has 0 spiro atoms. The molecule has 148 valence electrons. The number of carbonyl (C=O) groups is 1. The highest BCUT2D eigenvalue weighted by molar-refractivity contribution is 7.89. The molecule has 1 aromatic heterocycles. The van der Waals surface area contributed by atoms with Crippen molar-refractivity contribution in [2.24, 2.45) is 0 Å². The fourth-order valence-electron chi connectivity index (χ4n) is 2.67. The molecule has 0 aliphatic rings. The smallest absolute Gasteiger partial charge is 0.246 e. The van der Waals surface area contributed by atoms with E-state index in [9.17, 15) is 17.6 Å². The number of hydrogen-bond donors (Lipinski definition) is 1. The Morgan fingerprint density at radius 1 is 1.30 bits per heavy atom. The van der Waals surface area contributed by atoms with E-state index in [1.54, 1.807) is 39.8 Å². The zero-order valence-electron chi connectivity index (χ0n) is 16.2. The summed E-state index contributed by atoms with van der Waals surface area (Å²) < 4.78 is 41.4. The molecule has 0 saturated carbocycles. The molecule has 1 amide bonds. The van der Waals surface area contributed by atoms with Crippen LogP contribution in [0, 0.1) is 26.6 Å². The Balaban J connectivity index is 2.12. The standard InChI is InChI=1S/C18H25FN4O3S/c1-6-22(5)27(25,26)18-13(3)21-23(14(18)4)11-17(24)20-10-15-8-7-12(2)16(19)9-15/h7-9H,6,10-11H2,1-5H3,(H,20,24). The van der Waals surface area contributed by atoms with E-state index in [0.717, 1.165) is 0 Å². The molecule has 0 bridgehead atoms. The van der Waals surface area contributed by atoms with Crippen molar-refractivity contribution in [1.82, 2.24) is 19.4 Å². The van der Waals surface area contributed by atoms with E-state index in [4.69, 9.17) is 0 Å². The van der Waals surface area contributed by atoms with Gasteiger partial charge in [-0.3, -0.25) is 9.48 Å². The minimum absolute atomic E-state index is 0.119. The Kier molecular flexibility index (Phi) is 6.38. The van der Waals surface area contributed by atoms with E-state index in [0.29, 0.717) is 29.1 Å². The van der Waals surface area contributed by atoms with Crippen molar-refractivity contribution in [3.05, 3.63) is 46.5 Å². The fourth-order valence-corrected chi connectivity index (χ4v) is 4.22. The molecule has 0 saturated heterocycles. The van der Waals surface area contributed by atoms with Gasteiger partial charge in [0, 0.05) is 20.1 Å². The summed E-state index contributed by atoms with van der Waals surface area (Å²) in [7, 11) is -2.15. The third-order valence-corrected chi connectivity index (χ3v) is 6.63. The summed E-state index contributed by atoms with van der Waals surface area (Å²) in [5, 5.41) is 6.90. The maximum absolute atomic E-state index is 13.6. The van der Waals surface area contributed by atoms with Crippen LogP contribution in [-0.2, 0) is 27.9 Å². The Morgan fingerprint density at radius 2 is 1.96 bits per heavy atom. The van der Waals surface area contributed by atoms with Gasteiger partial charge in [0.2, 0.25) is 15.9 Å². The zero-order valence-corrected chi connectivity index (χ0v) is 17.0. The quantitative estimate of drug-likeness (QED) is 0.775. The second kappa shape index (κ2) is 8.18. The summed E-state index contributed by atoms with van der Waals surface area (Å²) in [6, 6.07) is 4.77. The summed E-state index contributed by atoms with van der Waals surface area (Å²) in [5.74, 6) is -0.662. The lowest BCUT2D eigenvalue weighted by Crippen LogP contribution is -2.29. The van der Waals surface area contributed by atoms with Gasteiger partial charge in [0.05, 0.1) is 11.4 Å². The van der Waals surface area contributed by atoms with Crippen molar-refractivity contribution in [3.63, 3.8) is 0 Å². The molecule has 0 aliphatic carbocycles. The lowest BCUT2D eigenvalue weighted by atomic mass is 10.1. The number of rotatable bonds is 7. The summed E-state index contributed by atoms with van der Waals surface area (Å²) in [6.07, 6.45) is 0. The molecule has 2 rings (SSSR count). The van der Waals surface area contributed by atoms with Gasteiger partial charge in [-0.05, 0) is 38.0 Å². The SMILES string of the molecule is CCN(C)S(=O)(=O)c1c(C)nn(CC(=O)NCc2ccc(C)c(F)c2)c1C. The lowest BCUT2D eigenvalue weighted by molar-refractivity contribution is -0.122. The Morgan fingerprint density at radius 3 is 2.56 bits per heavy atom. The number of aryl methyl sites for hydroxylation is 2. The zero-order chi connectivity index (χ0) is 20.4. The molecule has 1 heterocycles. The Bertz CT molecular complexity index is 954. The van der Waals surface area contributed by atoms with E-state index in [-0.39, 0.29) is 29.7 Å². The van der Waals surface area contributed by atoms with Crippen molar-refractivity contribution in [2.45, 2.75) is 45.7 Å². The first kappa shape index (κ1) is 21.0. The fraction of sp³-hybridized carbons (Fsp3) is 0.444. The van der Waals surface area contributed by atoms with Gasteiger partial charge < -0.3 is 5.32 Å². The molecule has 0 unspecified atom stereocenters. The number of carbonyl (C=O) groups excluding carboxylic acids is 1. The topological polar surface area (TPSA) is 84.3 Å². The number of halogens is 1. The van der Waals surface area contributed by atoms with Crippen LogP contribution in [0.3, 0.4) is 0 Å². The third-order valence-electron chi connectivity index (χ3n) is 4.45. The first-order valence-electron chi connectivity index (χ1n) is 8.60. The number of sulfonamides is 1. The summed E-state index contributed by atoms with van der Waals surface area (Å²) >= 11 is 0. The van der Waals surface area contributed by atoms with Crippen LogP contribution in [0.2, 0.25) is 0 Å². The number of nitrogens with one attached hydrogen (secondary N) is 1. The normalized spacial score (nSPS) is 11.8. The molecule has 0 radical (unpaired) electrons. The van der Waals surface area contributed by atoms with Crippen LogP contribution in [0.1, 0.15) is 29.4 Å². The van der Waals surface area contributed by atoms with Crippen molar-refractivity contribution in [2.75, 3.05) is 13.6 Å². The van der Waals surface area contributed by atoms with Gasteiger partial charge >= 0.3 is 0 Å². The maximum atomic E-state index is 13.6. The van der Waals surface area contributed by atoms with E-state index >= 15 is 0 Å². The van der Waals surface area contributed by atoms with Crippen LogP contribution in [0.25, 0.3) is 0 Å². The molecule has 1 aromatic carbocycles. The van der Waals surface area contributed by atoms with Gasteiger partial charge in [-0.25, -0.2) is 17.1 Å². The number of hydrogen-bond acceptors (Lipinski definition) is 4. The van der Waals surface area contributed by atoms with Crippen LogP contribution >= 0.6 is 0 Å². The molecule has 27 heavy (non-hydrogen) atoms. The van der Waals surface area contributed by atoms with Crippen molar-refractivity contribution < 1.29 is 17.6 Å². The van der Waals surface area contributed by atoms with Crippen LogP contribution in [-0.4, -0.2) is 42.0 Å². The average Bonchev–Trinajstić information content (AvgIpc) is 2.89. The van der Waals surface area contributed by atoms with Crippen LogP contribution in [0.4, 0.5) is 4.39 Å². The first-order valence-corrected chi connectivity index (χ1v) is 10.0. The van der Waals surface area contributed by atoms with Gasteiger partial charge in [-0.1, -0.05) is 19.1 Å². The van der Waals surface area contributed by atoms with Crippen molar-refractivity contribution in [3.8, 4) is 0 Å². The highest BCUT2D eigenvalue weighted by atomic mass is 32.2. The molecule has 0 atom stereocenters. The van der Waals surface area contributed by atoms with Gasteiger partial charge in [-0.2, -0.15) is 5.10 Å². The molecular formula is C18H25FN4O3S. The van der Waals surface area contributed by atoms with Gasteiger partial charge in [0.1, 0.15) is 17.3 Å². The van der Waals surface area contributed by atoms with E-state index in [1.165, 1.54) is 22.1 Å². The van der Waals surface area contributed by atoms with E-state index in [2.05, 4.69) is 10.4 Å². The van der Waals surface area contributed by atoms with Crippen molar-refractivity contribution in [1.29, 1.82) is 0 Å². The van der Waals surface area contributed by atoms with Gasteiger partial charge in [0.15, 0.2) is 0 Å². The highest BCUT2D eigenvalue weighted by Gasteiger charge is 2.28. The number of amides is 1. The molecule has 1 N–H and O–H groups in total. The summed E-state index contributed by atoms with van der Waals surface area (Å²) in [6.45, 7) is 7.04. The molecule has 2 aromatic rings. The second-order valence-corrected chi connectivity index (χ2v) is 8.42. The molecule has 7 nitrogen and oxygen atoms in total. The number of nitrogens with zero attached hydrogens (tertiary/aromatic N) is 3. The second-order valence-electron chi connectivity index (χ2n) is 6.44. The lowest BCUT2D eigenvalue weighted by Gasteiger charge is -2.15. The van der Waals surface area contributed by atoms with Crippen LogP contribution < -0.4 is 5.32 Å². The van der Waals surface area contributed by atoms with Crippen LogP contribution in [0.5, 0.6) is 0 Å². The average molecular weight is 396 g/mol. The minimum atomic E-state index is -3.65. The predicted molar refractivity (Wildman–Crippen MR) is 100 cm³/mol. The molecule has 9 heteroatoms. The maximum Gasteiger partial charge on any atom is 0.246 e. The van der Waals surface area contributed by atoms with Crippen molar-refractivity contribution >= 4 is 15.9 Å². The monoisotopic (exact) mass is 396 g/mol. The molecule has 0 fully saturated rings. The van der Waals surface area contributed by atoms with Gasteiger partial charge in [0.25, 0.3) is 0 Å². The van der Waals surface area contributed by atoms with Gasteiger partial charge in [-0.15, -0.1) is 0 Å². The molecular weight excluding hydrogens is 371 g/mol. The van der Waals surface area contributed by atoms with E-state index < -0.39 is 10.0 Å². The number of aromatic nitrogens is 2. The summed E-state index contributed by atoms with van der Waals surface area (Å²) in [5.41, 5.74) is 1.94. The minimum Gasteiger partial charge on any atom is -0.350 e. The third kappa shape index (κ3) is 4.54. The Hall–Kier alpha value is -2.26. The Labute approximate surface area is 159 Å².